The van der Waals surface area contributed by atoms with Gasteiger partial charge >= 0.3 is 0 Å². The monoisotopic (exact) mass is 385 g/mol. The van der Waals surface area contributed by atoms with Crippen LogP contribution in [0.2, 0.25) is 0 Å². The van der Waals surface area contributed by atoms with Gasteiger partial charge in [-0.1, -0.05) is 54.6 Å². The summed E-state index contributed by atoms with van der Waals surface area (Å²) < 4.78 is 14.5. The summed E-state index contributed by atoms with van der Waals surface area (Å²) in [6, 6.07) is 20.4. The maximum atomic E-state index is 14.5. The van der Waals surface area contributed by atoms with E-state index >= 15 is 0 Å². The number of para-hydroxylation sites is 1. The third-order valence-electron chi connectivity index (χ3n) is 5.94. The Labute approximate surface area is 168 Å². The number of rotatable bonds is 2. The summed E-state index contributed by atoms with van der Waals surface area (Å²) in [5, 5.41) is 2.20. The quantitative estimate of drug-likeness (QED) is 0.584. The van der Waals surface area contributed by atoms with Crippen LogP contribution in [0.25, 0.3) is 10.8 Å². The SMILES string of the molecule is O=C1CCCC2=C1C(c1ccc3ccccc3c1)CC(=O)N2c1ccccc1F. The molecule has 29 heavy (non-hydrogen) atoms. The van der Waals surface area contributed by atoms with Crippen molar-refractivity contribution in [2.45, 2.75) is 31.6 Å². The second kappa shape index (κ2) is 6.96. The minimum Gasteiger partial charge on any atom is -0.294 e. The van der Waals surface area contributed by atoms with Crippen molar-refractivity contribution < 1.29 is 14.0 Å². The summed E-state index contributed by atoms with van der Waals surface area (Å²) >= 11 is 0. The van der Waals surface area contributed by atoms with Gasteiger partial charge in [0.25, 0.3) is 0 Å². The maximum absolute atomic E-state index is 14.5. The zero-order valence-corrected chi connectivity index (χ0v) is 15.9. The van der Waals surface area contributed by atoms with Crippen LogP contribution in [0.1, 0.15) is 37.2 Å². The van der Waals surface area contributed by atoms with E-state index in [1.54, 1.807) is 18.2 Å². The molecule has 0 radical (unpaired) electrons. The summed E-state index contributed by atoms with van der Waals surface area (Å²) in [5.41, 5.74) is 2.54. The third kappa shape index (κ3) is 2.96. The number of Topliss-reactive ketones (excluding diaryl/α,β-unsaturated/α-hetero) is 1. The van der Waals surface area contributed by atoms with Crippen LogP contribution in [0.15, 0.2) is 78.0 Å². The van der Waals surface area contributed by atoms with Crippen LogP contribution >= 0.6 is 0 Å². The van der Waals surface area contributed by atoms with Crippen molar-refractivity contribution in [3.05, 3.63) is 89.4 Å². The van der Waals surface area contributed by atoms with E-state index in [9.17, 15) is 14.0 Å². The molecule has 0 spiro atoms. The molecule has 0 aromatic heterocycles. The number of benzene rings is 3. The second-order valence-corrected chi connectivity index (χ2v) is 7.68. The Hall–Kier alpha value is -3.27. The second-order valence-electron chi connectivity index (χ2n) is 7.68. The first kappa shape index (κ1) is 17.8. The molecule has 3 aromatic rings. The van der Waals surface area contributed by atoms with E-state index in [0.717, 1.165) is 16.3 Å². The molecule has 0 fully saturated rings. The summed E-state index contributed by atoms with van der Waals surface area (Å²) in [7, 11) is 0. The average Bonchev–Trinajstić information content (AvgIpc) is 2.74. The molecular weight excluding hydrogens is 365 g/mol. The molecule has 5 rings (SSSR count). The van der Waals surface area contributed by atoms with E-state index < -0.39 is 5.82 Å². The van der Waals surface area contributed by atoms with Crippen molar-refractivity contribution in [2.75, 3.05) is 4.90 Å². The van der Waals surface area contributed by atoms with Gasteiger partial charge in [-0.2, -0.15) is 0 Å². The summed E-state index contributed by atoms with van der Waals surface area (Å²) in [5.74, 6) is -0.826. The van der Waals surface area contributed by atoms with Crippen molar-refractivity contribution in [3.8, 4) is 0 Å². The van der Waals surface area contributed by atoms with Crippen LogP contribution in [0.3, 0.4) is 0 Å². The Morgan fingerprint density at radius 2 is 1.62 bits per heavy atom. The van der Waals surface area contributed by atoms with Gasteiger partial charge in [-0.15, -0.1) is 0 Å². The van der Waals surface area contributed by atoms with Crippen LogP contribution in [-0.4, -0.2) is 11.7 Å². The number of anilines is 1. The summed E-state index contributed by atoms with van der Waals surface area (Å²) in [6.07, 6.45) is 1.92. The van der Waals surface area contributed by atoms with Gasteiger partial charge in [0.2, 0.25) is 5.91 Å². The molecule has 0 saturated carbocycles. The van der Waals surface area contributed by atoms with Crippen LogP contribution in [-0.2, 0) is 9.59 Å². The van der Waals surface area contributed by atoms with Crippen LogP contribution in [0.5, 0.6) is 0 Å². The predicted octanol–water partition coefficient (Wildman–Crippen LogP) is 5.51. The van der Waals surface area contributed by atoms with Gasteiger partial charge in [-0.05, 0) is 41.3 Å². The molecule has 1 unspecified atom stereocenters. The van der Waals surface area contributed by atoms with Gasteiger partial charge in [-0.3, -0.25) is 14.5 Å². The molecule has 2 aliphatic rings. The molecule has 1 aliphatic heterocycles. The van der Waals surface area contributed by atoms with E-state index in [4.69, 9.17) is 0 Å². The molecule has 1 heterocycles. The lowest BCUT2D eigenvalue weighted by molar-refractivity contribution is -0.120. The Bertz CT molecular complexity index is 1180. The number of fused-ring (bicyclic) bond motifs is 1. The molecule has 0 saturated heterocycles. The first-order valence-electron chi connectivity index (χ1n) is 9.96. The lowest BCUT2D eigenvalue weighted by Crippen LogP contribution is -2.41. The fraction of sp³-hybridized carbons (Fsp3) is 0.200. The Morgan fingerprint density at radius 1 is 0.862 bits per heavy atom. The van der Waals surface area contributed by atoms with E-state index in [-0.39, 0.29) is 29.7 Å². The number of hydrogen-bond donors (Lipinski definition) is 0. The molecule has 144 valence electrons. The first-order valence-corrected chi connectivity index (χ1v) is 9.96. The molecule has 4 heteroatoms. The van der Waals surface area contributed by atoms with Crippen LogP contribution < -0.4 is 4.90 Å². The highest BCUT2D eigenvalue weighted by Crippen LogP contribution is 2.44. The number of ketones is 1. The van der Waals surface area contributed by atoms with E-state index in [2.05, 4.69) is 6.07 Å². The topological polar surface area (TPSA) is 37.4 Å². The molecule has 3 nitrogen and oxygen atoms in total. The summed E-state index contributed by atoms with van der Waals surface area (Å²) in [6.45, 7) is 0. The van der Waals surface area contributed by atoms with Crippen molar-refractivity contribution >= 4 is 28.2 Å². The standard InChI is InChI=1S/C25H20FNO2/c26-20-8-3-4-9-21(20)27-22-10-5-11-23(28)25(22)19(15-24(27)29)18-13-12-16-6-1-2-7-17(16)14-18/h1-4,6-9,12-14,19H,5,10-11,15H2. The van der Waals surface area contributed by atoms with Gasteiger partial charge in [0.05, 0.1) is 5.69 Å². The summed E-state index contributed by atoms with van der Waals surface area (Å²) in [4.78, 5) is 27.6. The highest BCUT2D eigenvalue weighted by atomic mass is 19.1. The molecular formula is C25H20FNO2. The Kier molecular flexibility index (Phi) is 4.27. The predicted molar refractivity (Wildman–Crippen MR) is 111 cm³/mol. The number of hydrogen-bond acceptors (Lipinski definition) is 2. The lowest BCUT2D eigenvalue weighted by atomic mass is 9.77. The smallest absolute Gasteiger partial charge is 0.232 e. The molecule has 1 atom stereocenters. The Morgan fingerprint density at radius 3 is 2.45 bits per heavy atom. The van der Waals surface area contributed by atoms with Crippen LogP contribution in [0.4, 0.5) is 10.1 Å². The van der Waals surface area contributed by atoms with E-state index in [1.807, 2.05) is 36.4 Å². The fourth-order valence-electron chi connectivity index (χ4n) is 4.61. The average molecular weight is 385 g/mol. The number of carbonyl (C=O) groups excluding carboxylic acids is 2. The number of amides is 1. The maximum Gasteiger partial charge on any atom is 0.232 e. The molecule has 0 bridgehead atoms. The largest absolute Gasteiger partial charge is 0.294 e. The van der Waals surface area contributed by atoms with Crippen molar-refractivity contribution in [1.82, 2.24) is 0 Å². The van der Waals surface area contributed by atoms with Gasteiger partial charge in [-0.25, -0.2) is 4.39 Å². The zero-order valence-electron chi connectivity index (χ0n) is 15.9. The van der Waals surface area contributed by atoms with Crippen molar-refractivity contribution in [1.29, 1.82) is 0 Å². The van der Waals surface area contributed by atoms with Gasteiger partial charge in [0.1, 0.15) is 5.82 Å². The van der Waals surface area contributed by atoms with Crippen molar-refractivity contribution in [2.24, 2.45) is 0 Å². The number of allylic oxidation sites excluding steroid dienone is 2. The minimum absolute atomic E-state index is 0.0678. The number of halogens is 1. The third-order valence-corrected chi connectivity index (χ3v) is 5.94. The highest BCUT2D eigenvalue weighted by Gasteiger charge is 2.40. The molecule has 3 aromatic carbocycles. The van der Waals surface area contributed by atoms with Gasteiger partial charge in [0, 0.05) is 30.0 Å². The molecule has 0 N–H and O–H groups in total. The lowest BCUT2D eigenvalue weighted by Gasteiger charge is -2.38. The van der Waals surface area contributed by atoms with E-state index in [0.29, 0.717) is 30.5 Å². The minimum atomic E-state index is -0.449. The van der Waals surface area contributed by atoms with Gasteiger partial charge in [0.15, 0.2) is 5.78 Å². The van der Waals surface area contributed by atoms with Gasteiger partial charge < -0.3 is 0 Å². The highest BCUT2D eigenvalue weighted by molar-refractivity contribution is 6.07. The molecule has 1 amide bonds. The number of nitrogens with zero attached hydrogens (tertiary/aromatic N) is 1. The first-order chi connectivity index (χ1) is 14.1. The fourth-order valence-corrected chi connectivity index (χ4v) is 4.61. The van der Waals surface area contributed by atoms with Crippen LogP contribution in [0, 0.1) is 5.82 Å². The Balaban J connectivity index is 1.67. The van der Waals surface area contributed by atoms with E-state index in [1.165, 1.54) is 11.0 Å². The van der Waals surface area contributed by atoms with Crippen molar-refractivity contribution in [3.63, 3.8) is 0 Å². The molecule has 1 aliphatic carbocycles. The zero-order chi connectivity index (χ0) is 20.0. The normalized spacial score (nSPS) is 19.6. The number of carbonyl (C=O) groups is 2.